The largest absolute Gasteiger partial charge is 0.457 e. The van der Waals surface area contributed by atoms with Crippen LogP contribution >= 0.6 is 0 Å². The van der Waals surface area contributed by atoms with Gasteiger partial charge >= 0.3 is 0 Å². The molecule has 0 unspecified atom stereocenters. The number of Topliss-reactive ketones (excluding diaryl/α,β-unsaturated/α-hetero) is 1. The molecule has 31 heavy (non-hydrogen) atoms. The fraction of sp³-hybridized carbons (Fsp3) is 0.304. The molecule has 0 spiro atoms. The summed E-state index contributed by atoms with van der Waals surface area (Å²) in [6.07, 6.45) is 1.48. The number of anilines is 1. The normalized spacial score (nSPS) is 11.3. The molecule has 162 valence electrons. The molecule has 0 saturated heterocycles. The number of carbonyl (C=O) groups excluding carboxylic acids is 2. The molecular weight excluding hydrogens is 401 g/mol. The van der Waals surface area contributed by atoms with Gasteiger partial charge in [0.05, 0.1) is 12.1 Å². The molecule has 1 aromatic carbocycles. The van der Waals surface area contributed by atoms with Crippen molar-refractivity contribution in [2.75, 3.05) is 5.32 Å². The highest BCUT2D eigenvalue weighted by atomic mass is 19.1. The van der Waals surface area contributed by atoms with Crippen molar-refractivity contribution in [3.63, 3.8) is 0 Å². The van der Waals surface area contributed by atoms with Gasteiger partial charge in [-0.15, -0.1) is 0 Å². The number of aromatic nitrogens is 2. The molecule has 1 N–H and O–H groups in total. The Morgan fingerprint density at radius 2 is 1.84 bits per heavy atom. The van der Waals surface area contributed by atoms with Crippen LogP contribution in [0.15, 0.2) is 47.1 Å². The minimum absolute atomic E-state index is 0.0637. The van der Waals surface area contributed by atoms with E-state index in [0.717, 1.165) is 0 Å². The quantitative estimate of drug-likeness (QED) is 0.594. The molecule has 0 saturated carbocycles. The number of rotatable bonds is 7. The van der Waals surface area contributed by atoms with E-state index in [4.69, 9.17) is 9.26 Å². The van der Waals surface area contributed by atoms with Crippen molar-refractivity contribution in [3.8, 4) is 11.5 Å². The summed E-state index contributed by atoms with van der Waals surface area (Å²) in [7, 11) is 0. The third-order valence-corrected chi connectivity index (χ3v) is 4.36. The summed E-state index contributed by atoms with van der Waals surface area (Å²) >= 11 is 0. The smallest absolute Gasteiger partial charge is 0.222 e. The van der Waals surface area contributed by atoms with Gasteiger partial charge in [0.25, 0.3) is 0 Å². The highest BCUT2D eigenvalue weighted by Crippen LogP contribution is 2.26. The molecule has 0 aliphatic carbocycles. The Bertz CT molecular complexity index is 1100. The minimum Gasteiger partial charge on any atom is -0.457 e. The lowest BCUT2D eigenvalue weighted by atomic mass is 9.93. The van der Waals surface area contributed by atoms with E-state index in [1.54, 1.807) is 18.2 Å². The molecule has 0 atom stereocenters. The van der Waals surface area contributed by atoms with Crippen LogP contribution < -0.4 is 10.1 Å². The first-order valence-electron chi connectivity index (χ1n) is 9.78. The number of pyridine rings is 1. The Balaban J connectivity index is 1.63. The van der Waals surface area contributed by atoms with Crippen LogP contribution in [0.4, 0.5) is 10.2 Å². The summed E-state index contributed by atoms with van der Waals surface area (Å²) in [5.41, 5.74) is 0.599. The maximum Gasteiger partial charge on any atom is 0.222 e. The predicted octanol–water partition coefficient (Wildman–Crippen LogP) is 4.61. The average Bonchev–Trinajstić information content (AvgIpc) is 3.12. The van der Waals surface area contributed by atoms with Crippen molar-refractivity contribution in [2.45, 2.75) is 46.0 Å². The number of nitrogens with zero attached hydrogens (tertiary/aromatic N) is 2. The van der Waals surface area contributed by atoms with Gasteiger partial charge < -0.3 is 14.6 Å². The summed E-state index contributed by atoms with van der Waals surface area (Å²) in [4.78, 5) is 27.5. The highest BCUT2D eigenvalue weighted by Gasteiger charge is 2.21. The summed E-state index contributed by atoms with van der Waals surface area (Å²) in [6.45, 7) is 7.34. The zero-order chi connectivity index (χ0) is 22.6. The minimum atomic E-state index is -0.544. The van der Waals surface area contributed by atoms with Gasteiger partial charge in [-0.25, -0.2) is 9.37 Å². The Morgan fingerprint density at radius 3 is 2.48 bits per heavy atom. The van der Waals surface area contributed by atoms with Crippen LogP contribution in [0.3, 0.4) is 0 Å². The molecule has 0 radical (unpaired) electrons. The topological polar surface area (TPSA) is 94.3 Å². The second kappa shape index (κ2) is 9.07. The van der Waals surface area contributed by atoms with Crippen LogP contribution in [-0.4, -0.2) is 21.8 Å². The Morgan fingerprint density at radius 1 is 1.10 bits per heavy atom. The number of carbonyl (C=O) groups is 2. The van der Waals surface area contributed by atoms with Gasteiger partial charge in [-0.3, -0.25) is 9.59 Å². The van der Waals surface area contributed by atoms with E-state index in [-0.39, 0.29) is 41.3 Å². The first-order chi connectivity index (χ1) is 14.6. The van der Waals surface area contributed by atoms with Gasteiger partial charge in [0, 0.05) is 43.2 Å². The molecule has 8 heteroatoms. The third kappa shape index (κ3) is 6.21. The summed E-state index contributed by atoms with van der Waals surface area (Å²) < 4.78 is 25.4. The molecule has 3 aromatic rings. The van der Waals surface area contributed by atoms with Crippen LogP contribution in [0.25, 0.3) is 0 Å². The summed E-state index contributed by atoms with van der Waals surface area (Å²) in [6, 6.07) is 9.19. The molecule has 1 amide bonds. The van der Waals surface area contributed by atoms with Gasteiger partial charge in [0.1, 0.15) is 34.7 Å². The fourth-order valence-electron chi connectivity index (χ4n) is 2.82. The molecule has 0 aliphatic heterocycles. The van der Waals surface area contributed by atoms with Crippen LogP contribution in [0.1, 0.15) is 44.7 Å². The number of benzene rings is 1. The van der Waals surface area contributed by atoms with E-state index < -0.39 is 5.82 Å². The van der Waals surface area contributed by atoms with Crippen molar-refractivity contribution >= 4 is 17.5 Å². The van der Waals surface area contributed by atoms with E-state index >= 15 is 0 Å². The summed E-state index contributed by atoms with van der Waals surface area (Å²) in [5, 5.41) is 6.48. The number of amides is 1. The second-order valence-corrected chi connectivity index (χ2v) is 8.24. The fourth-order valence-corrected chi connectivity index (χ4v) is 2.82. The van der Waals surface area contributed by atoms with E-state index in [9.17, 15) is 14.0 Å². The molecule has 0 bridgehead atoms. The number of halogens is 1. The third-order valence-electron chi connectivity index (χ3n) is 4.36. The summed E-state index contributed by atoms with van der Waals surface area (Å²) in [5.74, 6) is 0.705. The monoisotopic (exact) mass is 425 g/mol. The Hall–Kier alpha value is -3.55. The number of nitrogens with one attached hydrogen (secondary N) is 1. The van der Waals surface area contributed by atoms with Crippen molar-refractivity contribution in [1.82, 2.24) is 10.1 Å². The van der Waals surface area contributed by atoms with E-state index in [1.165, 1.54) is 31.3 Å². The number of ketones is 1. The van der Waals surface area contributed by atoms with E-state index in [1.807, 2.05) is 20.8 Å². The van der Waals surface area contributed by atoms with Gasteiger partial charge in [0.2, 0.25) is 5.91 Å². The van der Waals surface area contributed by atoms with E-state index in [2.05, 4.69) is 15.5 Å². The lowest BCUT2D eigenvalue weighted by molar-refractivity contribution is -0.118. The van der Waals surface area contributed by atoms with E-state index in [0.29, 0.717) is 23.0 Å². The molecule has 2 heterocycles. The lowest BCUT2D eigenvalue weighted by Gasteiger charge is -2.12. The number of ether oxygens (including phenoxy) is 1. The number of hydrogen-bond acceptors (Lipinski definition) is 6. The van der Waals surface area contributed by atoms with Crippen LogP contribution in [0.5, 0.6) is 11.5 Å². The Labute approximate surface area is 179 Å². The van der Waals surface area contributed by atoms with Gasteiger partial charge in [-0.05, 0) is 17.7 Å². The first-order valence-corrected chi connectivity index (χ1v) is 9.78. The maximum absolute atomic E-state index is 14.5. The zero-order valence-corrected chi connectivity index (χ0v) is 17.9. The zero-order valence-electron chi connectivity index (χ0n) is 17.9. The molecule has 0 fully saturated rings. The van der Waals surface area contributed by atoms with Crippen LogP contribution in [0.2, 0.25) is 0 Å². The van der Waals surface area contributed by atoms with Gasteiger partial charge in [0.15, 0.2) is 0 Å². The van der Waals surface area contributed by atoms with Gasteiger partial charge in [-0.1, -0.05) is 32.0 Å². The molecule has 2 aromatic heterocycles. The van der Waals surface area contributed by atoms with Crippen molar-refractivity contribution in [1.29, 1.82) is 0 Å². The second-order valence-electron chi connectivity index (χ2n) is 8.24. The highest BCUT2D eigenvalue weighted by molar-refractivity contribution is 5.87. The average molecular weight is 425 g/mol. The van der Waals surface area contributed by atoms with Crippen molar-refractivity contribution in [2.24, 2.45) is 0 Å². The molecular formula is C23H24FN3O4. The van der Waals surface area contributed by atoms with Crippen molar-refractivity contribution < 1.29 is 23.2 Å². The molecule has 3 rings (SSSR count). The standard InChI is InChI=1S/C23H24FN3O4/c1-14(28)26-22-13-19(7-8-25-22)30-18-6-5-15(20(24)12-18)9-17(29)10-16-11-21(31-27-16)23(2,3)4/h5-8,11-13H,9-10H2,1-4H3,(H,25,26,28). The molecule has 7 nitrogen and oxygen atoms in total. The number of hydrogen-bond donors (Lipinski definition) is 1. The predicted molar refractivity (Wildman–Crippen MR) is 113 cm³/mol. The van der Waals surface area contributed by atoms with Crippen molar-refractivity contribution in [3.05, 3.63) is 65.4 Å². The SMILES string of the molecule is CC(=O)Nc1cc(Oc2ccc(CC(=O)Cc3cc(C(C)(C)C)on3)c(F)c2)ccn1. The van der Waals surface area contributed by atoms with Crippen LogP contribution in [0, 0.1) is 5.82 Å². The lowest BCUT2D eigenvalue weighted by Crippen LogP contribution is -2.10. The first kappa shape index (κ1) is 22.1. The van der Waals surface area contributed by atoms with Crippen LogP contribution in [-0.2, 0) is 27.8 Å². The maximum atomic E-state index is 14.5. The van der Waals surface area contributed by atoms with Gasteiger partial charge in [-0.2, -0.15) is 0 Å². The molecule has 0 aliphatic rings. The Kier molecular flexibility index (Phi) is 6.48.